The van der Waals surface area contributed by atoms with Crippen molar-refractivity contribution < 1.29 is 19.4 Å². The molecule has 2 aromatic carbocycles. The zero-order chi connectivity index (χ0) is 17.8. The molecule has 25 heavy (non-hydrogen) atoms. The van der Waals surface area contributed by atoms with E-state index in [2.05, 4.69) is 12.1 Å². The Kier molecular flexibility index (Phi) is 5.24. The van der Waals surface area contributed by atoms with Crippen LogP contribution in [0.15, 0.2) is 36.4 Å². The summed E-state index contributed by atoms with van der Waals surface area (Å²) >= 11 is 0. The summed E-state index contributed by atoms with van der Waals surface area (Å²) in [5, 5.41) is 8.97. The lowest BCUT2D eigenvalue weighted by molar-refractivity contribution is -0.138. The summed E-state index contributed by atoms with van der Waals surface area (Å²) in [6.45, 7) is 0.359. The van der Waals surface area contributed by atoms with E-state index in [0.717, 1.165) is 29.7 Å². The van der Waals surface area contributed by atoms with Crippen LogP contribution in [0, 0.1) is 0 Å². The number of aliphatic carboxylic acids is 1. The zero-order valence-electron chi connectivity index (χ0n) is 14.3. The molecular weight excluding hydrogens is 318 g/mol. The molecule has 0 saturated heterocycles. The number of nitrogens with two attached hydrogens (primary N) is 1. The van der Waals surface area contributed by atoms with Crippen molar-refractivity contribution in [1.29, 1.82) is 0 Å². The van der Waals surface area contributed by atoms with Gasteiger partial charge >= 0.3 is 5.97 Å². The predicted molar refractivity (Wildman–Crippen MR) is 95.1 cm³/mol. The van der Waals surface area contributed by atoms with Crippen LogP contribution in [0.5, 0.6) is 11.5 Å². The van der Waals surface area contributed by atoms with Crippen LogP contribution >= 0.6 is 0 Å². The summed E-state index contributed by atoms with van der Waals surface area (Å²) in [6, 6.07) is 10.9. The van der Waals surface area contributed by atoms with Crippen LogP contribution in [0.25, 0.3) is 0 Å². The zero-order valence-corrected chi connectivity index (χ0v) is 14.3. The molecule has 0 fully saturated rings. The van der Waals surface area contributed by atoms with Crippen LogP contribution in [-0.2, 0) is 30.7 Å². The number of fused-ring (bicyclic) bond motifs is 1. The Morgan fingerprint density at radius 1 is 1.20 bits per heavy atom. The Hall–Kier alpha value is -2.53. The molecule has 3 N–H and O–H groups in total. The van der Waals surface area contributed by atoms with E-state index in [1.54, 1.807) is 7.11 Å². The highest BCUT2D eigenvalue weighted by Gasteiger charge is 2.15. The highest BCUT2D eigenvalue weighted by molar-refractivity contribution is 5.73. The average molecular weight is 341 g/mol. The SMILES string of the molecule is COc1ccc(CC(N)C(=O)O)cc1COc1ccc2c(c1)CCC2. The Morgan fingerprint density at radius 3 is 2.76 bits per heavy atom. The second-order valence-corrected chi connectivity index (χ2v) is 6.37. The Balaban J connectivity index is 1.73. The van der Waals surface area contributed by atoms with Gasteiger partial charge in [-0.2, -0.15) is 0 Å². The largest absolute Gasteiger partial charge is 0.496 e. The van der Waals surface area contributed by atoms with Gasteiger partial charge in [0.25, 0.3) is 0 Å². The molecule has 1 aliphatic carbocycles. The number of carboxylic acid groups (broad SMARTS) is 1. The molecule has 3 rings (SSSR count). The maximum absolute atomic E-state index is 10.9. The number of hydrogen-bond donors (Lipinski definition) is 2. The van der Waals surface area contributed by atoms with Crippen LogP contribution in [0.3, 0.4) is 0 Å². The summed E-state index contributed by atoms with van der Waals surface area (Å²) in [5.74, 6) is 0.552. The van der Waals surface area contributed by atoms with Gasteiger partial charge in [0.1, 0.15) is 24.1 Å². The third-order valence-corrected chi connectivity index (χ3v) is 4.58. The smallest absolute Gasteiger partial charge is 0.320 e. The molecule has 5 nitrogen and oxygen atoms in total. The van der Waals surface area contributed by atoms with Gasteiger partial charge in [-0.05, 0) is 66.6 Å². The lowest BCUT2D eigenvalue weighted by Crippen LogP contribution is -2.32. The summed E-state index contributed by atoms with van der Waals surface area (Å²) in [4.78, 5) is 10.9. The van der Waals surface area contributed by atoms with E-state index in [0.29, 0.717) is 12.4 Å². The van der Waals surface area contributed by atoms with Gasteiger partial charge < -0.3 is 20.3 Å². The fourth-order valence-electron chi connectivity index (χ4n) is 3.21. The van der Waals surface area contributed by atoms with E-state index in [1.807, 2.05) is 24.3 Å². The van der Waals surface area contributed by atoms with E-state index in [4.69, 9.17) is 20.3 Å². The minimum atomic E-state index is -1.01. The molecule has 1 atom stereocenters. The number of ether oxygens (including phenoxy) is 2. The number of carbonyl (C=O) groups is 1. The van der Waals surface area contributed by atoms with Gasteiger partial charge in [0, 0.05) is 5.56 Å². The molecule has 0 aliphatic heterocycles. The molecule has 0 amide bonds. The third-order valence-electron chi connectivity index (χ3n) is 4.58. The monoisotopic (exact) mass is 341 g/mol. The van der Waals surface area contributed by atoms with E-state index in [1.165, 1.54) is 17.5 Å². The van der Waals surface area contributed by atoms with Crippen LogP contribution in [0.4, 0.5) is 0 Å². The van der Waals surface area contributed by atoms with E-state index < -0.39 is 12.0 Å². The van der Waals surface area contributed by atoms with Crippen LogP contribution < -0.4 is 15.2 Å². The van der Waals surface area contributed by atoms with Crippen molar-refractivity contribution in [3.05, 3.63) is 58.7 Å². The second kappa shape index (κ2) is 7.57. The van der Waals surface area contributed by atoms with Gasteiger partial charge in [0.05, 0.1) is 7.11 Å². The van der Waals surface area contributed by atoms with Crippen molar-refractivity contribution in [2.75, 3.05) is 7.11 Å². The van der Waals surface area contributed by atoms with Crippen LogP contribution in [-0.4, -0.2) is 24.2 Å². The number of aryl methyl sites for hydroxylation is 2. The number of hydrogen-bond acceptors (Lipinski definition) is 4. The molecule has 1 aliphatic rings. The lowest BCUT2D eigenvalue weighted by atomic mass is 10.0. The standard InChI is InChI=1S/C20H23NO4/c1-24-19-8-5-13(10-18(21)20(22)23)9-16(19)12-25-17-7-6-14-3-2-4-15(14)11-17/h5-9,11,18H,2-4,10,12,21H2,1H3,(H,22,23). The molecule has 0 saturated carbocycles. The topological polar surface area (TPSA) is 81.8 Å². The van der Waals surface area contributed by atoms with E-state index >= 15 is 0 Å². The highest BCUT2D eigenvalue weighted by atomic mass is 16.5. The molecule has 0 bridgehead atoms. The first kappa shape index (κ1) is 17.3. The summed E-state index contributed by atoms with van der Waals surface area (Å²) in [6.07, 6.45) is 3.73. The van der Waals surface area contributed by atoms with E-state index in [9.17, 15) is 4.79 Å². The molecule has 0 aromatic heterocycles. The van der Waals surface area contributed by atoms with Crippen molar-refractivity contribution in [3.8, 4) is 11.5 Å². The molecule has 0 spiro atoms. The number of carboxylic acids is 1. The maximum Gasteiger partial charge on any atom is 0.320 e. The second-order valence-electron chi connectivity index (χ2n) is 6.37. The Bertz CT molecular complexity index is 772. The molecule has 132 valence electrons. The molecule has 2 aromatic rings. The van der Waals surface area contributed by atoms with Gasteiger partial charge in [0.2, 0.25) is 0 Å². The summed E-state index contributed by atoms with van der Waals surface area (Å²) < 4.78 is 11.3. The van der Waals surface area contributed by atoms with Gasteiger partial charge in [-0.25, -0.2) is 0 Å². The molecule has 1 unspecified atom stereocenters. The highest BCUT2D eigenvalue weighted by Crippen LogP contribution is 2.28. The maximum atomic E-state index is 10.9. The van der Waals surface area contributed by atoms with Crippen LogP contribution in [0.1, 0.15) is 28.7 Å². The van der Waals surface area contributed by atoms with Crippen molar-refractivity contribution in [3.63, 3.8) is 0 Å². The fraction of sp³-hybridized carbons (Fsp3) is 0.350. The first-order valence-corrected chi connectivity index (χ1v) is 8.45. The van der Waals surface area contributed by atoms with Gasteiger partial charge in [0.15, 0.2) is 0 Å². The molecule has 0 radical (unpaired) electrons. The number of methoxy groups -OCH3 is 1. The van der Waals surface area contributed by atoms with Gasteiger partial charge in [-0.1, -0.05) is 12.1 Å². The Morgan fingerprint density at radius 2 is 2.00 bits per heavy atom. The van der Waals surface area contributed by atoms with Crippen molar-refractivity contribution in [1.82, 2.24) is 0 Å². The Labute approximate surface area is 147 Å². The first-order chi connectivity index (χ1) is 12.1. The summed E-state index contributed by atoms with van der Waals surface area (Å²) in [7, 11) is 1.61. The molecular formula is C20H23NO4. The summed E-state index contributed by atoms with van der Waals surface area (Å²) in [5.41, 5.74) is 10.1. The fourth-order valence-corrected chi connectivity index (χ4v) is 3.21. The minimum absolute atomic E-state index is 0.269. The van der Waals surface area contributed by atoms with Crippen LogP contribution in [0.2, 0.25) is 0 Å². The van der Waals surface area contributed by atoms with Crippen molar-refractivity contribution >= 4 is 5.97 Å². The quantitative estimate of drug-likeness (QED) is 0.809. The average Bonchev–Trinajstić information content (AvgIpc) is 3.07. The van der Waals surface area contributed by atoms with Gasteiger partial charge in [-0.15, -0.1) is 0 Å². The van der Waals surface area contributed by atoms with E-state index in [-0.39, 0.29) is 6.42 Å². The third kappa shape index (κ3) is 4.12. The predicted octanol–water partition coefficient (Wildman–Crippen LogP) is 2.72. The molecule has 0 heterocycles. The van der Waals surface area contributed by atoms with Gasteiger partial charge in [-0.3, -0.25) is 4.79 Å². The number of benzene rings is 2. The minimum Gasteiger partial charge on any atom is -0.496 e. The first-order valence-electron chi connectivity index (χ1n) is 8.45. The lowest BCUT2D eigenvalue weighted by Gasteiger charge is -2.14. The van der Waals surface area contributed by atoms with Crippen molar-refractivity contribution in [2.45, 2.75) is 38.3 Å². The molecule has 5 heteroatoms. The number of rotatable bonds is 7. The normalized spacial score (nSPS) is 14.0. The van der Waals surface area contributed by atoms with Crippen molar-refractivity contribution in [2.24, 2.45) is 5.73 Å².